The van der Waals surface area contributed by atoms with E-state index < -0.39 is 0 Å². The number of nitrogens with zero attached hydrogens (tertiary/aromatic N) is 1. The maximum Gasteiger partial charge on any atom is 0.262 e. The van der Waals surface area contributed by atoms with Crippen LogP contribution in [0.3, 0.4) is 0 Å². The zero-order valence-corrected chi connectivity index (χ0v) is 14.9. The van der Waals surface area contributed by atoms with Gasteiger partial charge in [-0.3, -0.25) is 4.79 Å². The Morgan fingerprint density at radius 2 is 1.83 bits per heavy atom. The standard InChI is InChI=1S/C20H26N2O2/c1-15(2)17-8-10-19(11-9-17)24-14-20(23)21-18-7-5-6-16(12-18)13-22(3)4/h5-12,15H,13-14H2,1-4H3,(H,21,23). The fourth-order valence-electron chi connectivity index (χ4n) is 2.41. The van der Waals surface area contributed by atoms with Crippen molar-refractivity contribution in [3.05, 3.63) is 59.7 Å². The highest BCUT2D eigenvalue weighted by Crippen LogP contribution is 2.18. The topological polar surface area (TPSA) is 41.6 Å². The number of carbonyl (C=O) groups excluding carboxylic acids is 1. The van der Waals surface area contributed by atoms with Crippen LogP contribution in [0.2, 0.25) is 0 Å². The van der Waals surface area contributed by atoms with Crippen molar-refractivity contribution in [1.29, 1.82) is 0 Å². The largest absolute Gasteiger partial charge is 0.484 e. The Bertz CT molecular complexity index is 664. The summed E-state index contributed by atoms with van der Waals surface area (Å²) in [7, 11) is 4.04. The second kappa shape index (κ2) is 8.50. The normalized spacial score (nSPS) is 10.9. The Labute approximate surface area is 144 Å². The van der Waals surface area contributed by atoms with Gasteiger partial charge in [-0.15, -0.1) is 0 Å². The SMILES string of the molecule is CC(C)c1ccc(OCC(=O)Nc2cccc(CN(C)C)c2)cc1. The molecule has 4 nitrogen and oxygen atoms in total. The molecule has 0 saturated heterocycles. The molecule has 0 bridgehead atoms. The lowest BCUT2D eigenvalue weighted by molar-refractivity contribution is -0.118. The minimum Gasteiger partial charge on any atom is -0.484 e. The van der Waals surface area contributed by atoms with Gasteiger partial charge in [0.2, 0.25) is 0 Å². The van der Waals surface area contributed by atoms with Crippen LogP contribution in [-0.2, 0) is 11.3 Å². The first-order valence-electron chi connectivity index (χ1n) is 8.20. The molecule has 0 aromatic heterocycles. The van der Waals surface area contributed by atoms with Crippen molar-refractivity contribution in [2.75, 3.05) is 26.0 Å². The third-order valence-corrected chi connectivity index (χ3v) is 3.63. The molecule has 0 unspecified atom stereocenters. The molecule has 2 aromatic carbocycles. The lowest BCUT2D eigenvalue weighted by atomic mass is 10.0. The highest BCUT2D eigenvalue weighted by Gasteiger charge is 2.06. The minimum atomic E-state index is -0.162. The Kier molecular flexibility index (Phi) is 6.38. The average Bonchev–Trinajstić information content (AvgIpc) is 2.53. The number of hydrogen-bond donors (Lipinski definition) is 1. The van der Waals surface area contributed by atoms with Crippen LogP contribution in [0.25, 0.3) is 0 Å². The average molecular weight is 326 g/mol. The third kappa shape index (κ3) is 5.70. The molecule has 4 heteroatoms. The van der Waals surface area contributed by atoms with Crippen LogP contribution >= 0.6 is 0 Å². The predicted octanol–water partition coefficient (Wildman–Crippen LogP) is 3.89. The summed E-state index contributed by atoms with van der Waals surface area (Å²) < 4.78 is 5.55. The Balaban J connectivity index is 1.87. The van der Waals surface area contributed by atoms with Crippen LogP contribution < -0.4 is 10.1 Å². The molecule has 2 rings (SSSR count). The number of anilines is 1. The summed E-state index contributed by atoms with van der Waals surface area (Å²) in [6, 6.07) is 15.7. The predicted molar refractivity (Wildman–Crippen MR) is 98.5 cm³/mol. The van der Waals surface area contributed by atoms with E-state index in [1.165, 1.54) is 5.56 Å². The number of carbonyl (C=O) groups is 1. The molecule has 24 heavy (non-hydrogen) atoms. The van der Waals surface area contributed by atoms with Gasteiger partial charge in [-0.1, -0.05) is 38.1 Å². The summed E-state index contributed by atoms with van der Waals surface area (Å²) in [6.45, 7) is 5.13. The van der Waals surface area contributed by atoms with Crippen LogP contribution in [-0.4, -0.2) is 31.5 Å². The van der Waals surface area contributed by atoms with Gasteiger partial charge in [0.05, 0.1) is 0 Å². The van der Waals surface area contributed by atoms with Crippen molar-refractivity contribution in [3.8, 4) is 5.75 Å². The van der Waals surface area contributed by atoms with E-state index in [4.69, 9.17) is 4.74 Å². The quantitative estimate of drug-likeness (QED) is 0.839. The first kappa shape index (κ1) is 18.0. The van der Waals surface area contributed by atoms with E-state index in [1.807, 2.05) is 62.6 Å². The second-order valence-electron chi connectivity index (χ2n) is 6.50. The molecule has 0 aliphatic rings. The zero-order valence-electron chi connectivity index (χ0n) is 14.9. The smallest absolute Gasteiger partial charge is 0.262 e. The molecular weight excluding hydrogens is 300 g/mol. The van der Waals surface area contributed by atoms with E-state index in [-0.39, 0.29) is 12.5 Å². The lowest BCUT2D eigenvalue weighted by Crippen LogP contribution is -2.20. The highest BCUT2D eigenvalue weighted by molar-refractivity contribution is 5.91. The maximum absolute atomic E-state index is 12.0. The second-order valence-corrected chi connectivity index (χ2v) is 6.50. The molecular formula is C20H26N2O2. The Morgan fingerprint density at radius 3 is 2.46 bits per heavy atom. The lowest BCUT2D eigenvalue weighted by Gasteiger charge is -2.12. The minimum absolute atomic E-state index is 0.00106. The van der Waals surface area contributed by atoms with Gasteiger partial charge in [-0.05, 0) is 55.4 Å². The number of nitrogens with one attached hydrogen (secondary N) is 1. The number of ether oxygens (including phenoxy) is 1. The molecule has 0 fully saturated rings. The molecule has 0 saturated carbocycles. The summed E-state index contributed by atoms with van der Waals surface area (Å²) in [5.74, 6) is 1.03. The van der Waals surface area contributed by atoms with Crippen molar-refractivity contribution in [2.24, 2.45) is 0 Å². The number of benzene rings is 2. The van der Waals surface area contributed by atoms with Gasteiger partial charge in [0.25, 0.3) is 5.91 Å². The van der Waals surface area contributed by atoms with Gasteiger partial charge in [0.15, 0.2) is 6.61 Å². The molecule has 0 radical (unpaired) electrons. The van der Waals surface area contributed by atoms with E-state index in [0.717, 1.165) is 17.8 Å². The zero-order chi connectivity index (χ0) is 17.5. The van der Waals surface area contributed by atoms with Crippen LogP contribution in [0.5, 0.6) is 5.75 Å². The first-order valence-corrected chi connectivity index (χ1v) is 8.20. The number of hydrogen-bond acceptors (Lipinski definition) is 3. The molecule has 0 aliphatic carbocycles. The van der Waals surface area contributed by atoms with Crippen LogP contribution in [0.15, 0.2) is 48.5 Å². The summed E-state index contributed by atoms with van der Waals surface area (Å²) in [5, 5.41) is 2.87. The summed E-state index contributed by atoms with van der Waals surface area (Å²) >= 11 is 0. The molecule has 128 valence electrons. The fraction of sp³-hybridized carbons (Fsp3) is 0.350. The molecule has 0 spiro atoms. The van der Waals surface area contributed by atoms with E-state index in [0.29, 0.717) is 11.7 Å². The van der Waals surface area contributed by atoms with E-state index >= 15 is 0 Å². The Morgan fingerprint density at radius 1 is 1.12 bits per heavy atom. The van der Waals surface area contributed by atoms with Crippen molar-refractivity contribution in [1.82, 2.24) is 4.90 Å². The maximum atomic E-state index is 12.0. The van der Waals surface area contributed by atoms with E-state index in [9.17, 15) is 4.79 Å². The van der Waals surface area contributed by atoms with Gasteiger partial charge in [0.1, 0.15) is 5.75 Å². The summed E-state index contributed by atoms with van der Waals surface area (Å²) in [4.78, 5) is 14.1. The molecule has 1 N–H and O–H groups in total. The molecule has 2 aromatic rings. The van der Waals surface area contributed by atoms with Crippen molar-refractivity contribution >= 4 is 11.6 Å². The van der Waals surface area contributed by atoms with Crippen LogP contribution in [0.1, 0.15) is 30.9 Å². The molecule has 0 heterocycles. The fourth-order valence-corrected chi connectivity index (χ4v) is 2.41. The molecule has 0 atom stereocenters. The van der Waals surface area contributed by atoms with Gasteiger partial charge >= 0.3 is 0 Å². The number of amides is 1. The van der Waals surface area contributed by atoms with Gasteiger partial charge in [-0.25, -0.2) is 0 Å². The van der Waals surface area contributed by atoms with Crippen molar-refractivity contribution in [2.45, 2.75) is 26.3 Å². The van der Waals surface area contributed by atoms with Crippen LogP contribution in [0.4, 0.5) is 5.69 Å². The first-order chi connectivity index (χ1) is 11.4. The van der Waals surface area contributed by atoms with Crippen LogP contribution in [0, 0.1) is 0 Å². The monoisotopic (exact) mass is 326 g/mol. The van der Waals surface area contributed by atoms with E-state index in [2.05, 4.69) is 24.1 Å². The Hall–Kier alpha value is -2.33. The van der Waals surface area contributed by atoms with Gasteiger partial charge < -0.3 is 15.0 Å². The number of rotatable bonds is 7. The third-order valence-electron chi connectivity index (χ3n) is 3.63. The van der Waals surface area contributed by atoms with Crippen molar-refractivity contribution in [3.63, 3.8) is 0 Å². The van der Waals surface area contributed by atoms with E-state index in [1.54, 1.807) is 0 Å². The summed E-state index contributed by atoms with van der Waals surface area (Å²) in [6.07, 6.45) is 0. The van der Waals surface area contributed by atoms with Gasteiger partial charge in [-0.2, -0.15) is 0 Å². The van der Waals surface area contributed by atoms with Crippen molar-refractivity contribution < 1.29 is 9.53 Å². The van der Waals surface area contributed by atoms with Gasteiger partial charge in [0, 0.05) is 12.2 Å². The molecule has 1 amide bonds. The highest BCUT2D eigenvalue weighted by atomic mass is 16.5. The molecule has 0 aliphatic heterocycles. The summed E-state index contributed by atoms with van der Waals surface area (Å²) in [5.41, 5.74) is 3.20.